The number of oxime groups is 1. The van der Waals surface area contributed by atoms with Gasteiger partial charge in [-0.2, -0.15) is 4.98 Å². The molecule has 1 atom stereocenters. The lowest BCUT2D eigenvalue weighted by atomic mass is 10.1. The number of hydrogen-bond acceptors (Lipinski definition) is 6. The van der Waals surface area contributed by atoms with Gasteiger partial charge in [0, 0.05) is 28.6 Å². The highest BCUT2D eigenvalue weighted by molar-refractivity contribution is 6.39. The summed E-state index contributed by atoms with van der Waals surface area (Å²) in [6, 6.07) is 14.4. The van der Waals surface area contributed by atoms with Crippen molar-refractivity contribution in [1.82, 2.24) is 15.5 Å². The van der Waals surface area contributed by atoms with Crippen LogP contribution in [0.4, 0.5) is 0 Å². The monoisotopic (exact) mass is 430 g/mol. The molecule has 0 saturated heterocycles. The van der Waals surface area contributed by atoms with Crippen LogP contribution in [0.2, 0.25) is 10.0 Å². The smallest absolute Gasteiger partial charge is 0.269 e. The lowest BCUT2D eigenvalue weighted by molar-refractivity contribution is -0.115. The Morgan fingerprint density at radius 2 is 1.97 bits per heavy atom. The standard InChI is InChI=1S/C20H16Cl2N4O3/c21-14-6-4-12(5-7-14)11-23-19(27)17-9-16(28-25-17)10-18-24-20(29-26-18)13-2-1-3-15(22)8-13/h1-8,16H,9-11H2,(H,23,27). The minimum Gasteiger partial charge on any atom is -0.391 e. The zero-order valence-electron chi connectivity index (χ0n) is 15.1. The fourth-order valence-electron chi connectivity index (χ4n) is 2.84. The van der Waals surface area contributed by atoms with Crippen LogP contribution in [-0.2, 0) is 22.6 Å². The van der Waals surface area contributed by atoms with Crippen LogP contribution in [0.25, 0.3) is 11.5 Å². The Morgan fingerprint density at radius 1 is 1.14 bits per heavy atom. The summed E-state index contributed by atoms with van der Waals surface area (Å²) in [4.78, 5) is 22.0. The highest BCUT2D eigenvalue weighted by Gasteiger charge is 2.27. The maximum absolute atomic E-state index is 12.3. The van der Waals surface area contributed by atoms with Crippen molar-refractivity contribution in [1.29, 1.82) is 0 Å². The molecule has 0 fully saturated rings. The van der Waals surface area contributed by atoms with E-state index < -0.39 is 0 Å². The van der Waals surface area contributed by atoms with Gasteiger partial charge in [0.05, 0.1) is 6.42 Å². The number of nitrogens with one attached hydrogen (secondary N) is 1. The van der Waals surface area contributed by atoms with Gasteiger partial charge in [-0.3, -0.25) is 4.79 Å². The Hall–Kier alpha value is -2.90. The molecule has 0 radical (unpaired) electrons. The molecule has 2 aromatic carbocycles. The zero-order chi connectivity index (χ0) is 20.2. The summed E-state index contributed by atoms with van der Waals surface area (Å²) < 4.78 is 5.28. The van der Waals surface area contributed by atoms with Crippen molar-refractivity contribution >= 4 is 34.8 Å². The van der Waals surface area contributed by atoms with E-state index in [0.29, 0.717) is 46.9 Å². The third-order valence-corrected chi connectivity index (χ3v) is 4.80. The lowest BCUT2D eigenvalue weighted by Gasteiger charge is -2.05. The second-order valence-electron chi connectivity index (χ2n) is 6.51. The van der Waals surface area contributed by atoms with E-state index >= 15 is 0 Å². The van der Waals surface area contributed by atoms with Crippen LogP contribution >= 0.6 is 23.2 Å². The molecule has 1 aromatic heterocycles. The van der Waals surface area contributed by atoms with Gasteiger partial charge in [0.25, 0.3) is 11.8 Å². The predicted molar refractivity (Wildman–Crippen MR) is 109 cm³/mol. The summed E-state index contributed by atoms with van der Waals surface area (Å²) >= 11 is 11.8. The van der Waals surface area contributed by atoms with E-state index in [1.807, 2.05) is 24.3 Å². The number of rotatable bonds is 6. The number of amides is 1. The van der Waals surface area contributed by atoms with Gasteiger partial charge in [0.1, 0.15) is 11.8 Å². The molecule has 0 aliphatic carbocycles. The molecule has 9 heteroatoms. The number of halogens is 2. The molecule has 1 unspecified atom stereocenters. The molecule has 1 N–H and O–H groups in total. The Bertz CT molecular complexity index is 1050. The maximum atomic E-state index is 12.3. The third-order valence-electron chi connectivity index (χ3n) is 4.31. The highest BCUT2D eigenvalue weighted by atomic mass is 35.5. The molecule has 1 aliphatic rings. The molecular formula is C20H16Cl2N4O3. The molecule has 29 heavy (non-hydrogen) atoms. The van der Waals surface area contributed by atoms with Crippen LogP contribution in [0.1, 0.15) is 17.8 Å². The molecule has 2 heterocycles. The van der Waals surface area contributed by atoms with Crippen LogP contribution in [0.5, 0.6) is 0 Å². The van der Waals surface area contributed by atoms with Gasteiger partial charge in [-0.05, 0) is 35.9 Å². The van der Waals surface area contributed by atoms with Crippen molar-refractivity contribution in [3.05, 3.63) is 70.0 Å². The van der Waals surface area contributed by atoms with Gasteiger partial charge in [-0.15, -0.1) is 0 Å². The summed E-state index contributed by atoms with van der Waals surface area (Å²) in [6.07, 6.45) is 0.422. The van der Waals surface area contributed by atoms with Gasteiger partial charge in [-0.25, -0.2) is 0 Å². The van der Waals surface area contributed by atoms with E-state index in [2.05, 4.69) is 20.6 Å². The van der Waals surface area contributed by atoms with Crippen LogP contribution in [0, 0.1) is 0 Å². The van der Waals surface area contributed by atoms with Crippen molar-refractivity contribution in [2.24, 2.45) is 5.16 Å². The number of aromatic nitrogens is 2. The number of hydrogen-bond donors (Lipinski definition) is 1. The van der Waals surface area contributed by atoms with Crippen molar-refractivity contribution in [2.75, 3.05) is 0 Å². The first kappa shape index (κ1) is 19.4. The summed E-state index contributed by atoms with van der Waals surface area (Å²) in [5, 5.41) is 11.9. The van der Waals surface area contributed by atoms with Crippen molar-refractivity contribution in [2.45, 2.75) is 25.5 Å². The topological polar surface area (TPSA) is 89.6 Å². The van der Waals surface area contributed by atoms with Gasteiger partial charge in [0.15, 0.2) is 5.82 Å². The maximum Gasteiger partial charge on any atom is 0.269 e. The Kier molecular flexibility index (Phi) is 5.78. The first-order valence-electron chi connectivity index (χ1n) is 8.90. The number of carbonyl (C=O) groups is 1. The Labute approximate surface area is 176 Å². The molecule has 0 spiro atoms. The average molecular weight is 431 g/mol. The van der Waals surface area contributed by atoms with E-state index in [1.54, 1.807) is 24.3 Å². The van der Waals surface area contributed by atoms with Gasteiger partial charge in [0.2, 0.25) is 0 Å². The van der Waals surface area contributed by atoms with Crippen LogP contribution in [0.3, 0.4) is 0 Å². The average Bonchev–Trinajstić information content (AvgIpc) is 3.38. The molecular weight excluding hydrogens is 415 g/mol. The van der Waals surface area contributed by atoms with Crippen LogP contribution < -0.4 is 5.32 Å². The van der Waals surface area contributed by atoms with Crippen molar-refractivity contribution in [3.63, 3.8) is 0 Å². The molecule has 0 bridgehead atoms. The molecule has 1 aliphatic heterocycles. The van der Waals surface area contributed by atoms with Gasteiger partial charge < -0.3 is 14.7 Å². The molecule has 0 saturated carbocycles. The molecule has 4 rings (SSSR count). The second kappa shape index (κ2) is 8.63. The molecule has 148 valence electrons. The van der Waals surface area contributed by atoms with E-state index in [9.17, 15) is 4.79 Å². The molecule has 1 amide bonds. The molecule has 3 aromatic rings. The molecule has 7 nitrogen and oxygen atoms in total. The fourth-order valence-corrected chi connectivity index (χ4v) is 3.15. The SMILES string of the molecule is O=C(NCc1ccc(Cl)cc1)C1=NOC(Cc2noc(-c3cccc(Cl)c3)n2)C1. The minimum absolute atomic E-state index is 0.268. The van der Waals surface area contributed by atoms with Crippen LogP contribution in [0.15, 0.2) is 58.2 Å². The van der Waals surface area contributed by atoms with E-state index in [0.717, 1.165) is 11.1 Å². The summed E-state index contributed by atoms with van der Waals surface area (Å²) in [6.45, 7) is 0.382. The van der Waals surface area contributed by atoms with Crippen LogP contribution in [-0.4, -0.2) is 27.9 Å². The normalized spacial score (nSPS) is 15.7. The minimum atomic E-state index is -0.323. The van der Waals surface area contributed by atoms with Gasteiger partial charge in [-0.1, -0.05) is 51.7 Å². The second-order valence-corrected chi connectivity index (χ2v) is 7.38. The summed E-state index contributed by atoms with van der Waals surface area (Å²) in [7, 11) is 0. The quantitative estimate of drug-likeness (QED) is 0.636. The summed E-state index contributed by atoms with van der Waals surface area (Å²) in [5.41, 5.74) is 2.02. The predicted octanol–water partition coefficient (Wildman–Crippen LogP) is 4.05. The van der Waals surface area contributed by atoms with Gasteiger partial charge >= 0.3 is 0 Å². The first-order valence-corrected chi connectivity index (χ1v) is 9.66. The van der Waals surface area contributed by atoms with E-state index in [-0.39, 0.29) is 12.0 Å². The third kappa shape index (κ3) is 4.93. The number of carbonyl (C=O) groups excluding carboxylic acids is 1. The zero-order valence-corrected chi connectivity index (χ0v) is 16.7. The first-order chi connectivity index (χ1) is 14.1. The summed E-state index contributed by atoms with van der Waals surface area (Å²) in [5.74, 6) is 0.584. The van der Waals surface area contributed by atoms with E-state index in [1.165, 1.54) is 0 Å². The van der Waals surface area contributed by atoms with Crippen molar-refractivity contribution in [3.8, 4) is 11.5 Å². The van der Waals surface area contributed by atoms with E-state index in [4.69, 9.17) is 32.6 Å². The largest absolute Gasteiger partial charge is 0.391 e. The highest BCUT2D eigenvalue weighted by Crippen LogP contribution is 2.22. The van der Waals surface area contributed by atoms with Crippen molar-refractivity contribution < 1.29 is 14.2 Å². The number of nitrogens with zero attached hydrogens (tertiary/aromatic N) is 3. The number of benzene rings is 2. The Morgan fingerprint density at radius 3 is 2.76 bits per heavy atom. The lowest BCUT2D eigenvalue weighted by Crippen LogP contribution is -2.30. The fraction of sp³-hybridized carbons (Fsp3) is 0.200. The Balaban J connectivity index is 1.29.